The van der Waals surface area contributed by atoms with Gasteiger partial charge >= 0.3 is 5.97 Å². The summed E-state index contributed by atoms with van der Waals surface area (Å²) in [7, 11) is 1.51. The Morgan fingerprint density at radius 2 is 1.84 bits per heavy atom. The van der Waals surface area contributed by atoms with Gasteiger partial charge in [0, 0.05) is 25.8 Å². The second-order valence-electron chi connectivity index (χ2n) is 13.3. The van der Waals surface area contributed by atoms with Crippen LogP contribution in [-0.4, -0.2) is 90.4 Å². The molecule has 0 saturated carbocycles. The highest BCUT2D eigenvalue weighted by Gasteiger charge is 2.74. The maximum Gasteiger partial charge on any atom is 0.313 e. The summed E-state index contributed by atoms with van der Waals surface area (Å²) in [5.74, 6) is -3.89. The molecule has 260 valence electrons. The van der Waals surface area contributed by atoms with E-state index in [-0.39, 0.29) is 38.0 Å². The van der Waals surface area contributed by atoms with Crippen molar-refractivity contribution in [1.29, 1.82) is 0 Å². The van der Waals surface area contributed by atoms with Crippen molar-refractivity contribution in [2.24, 2.45) is 11.8 Å². The Kier molecular flexibility index (Phi) is 10.1. The van der Waals surface area contributed by atoms with Gasteiger partial charge in [-0.05, 0) is 49.4 Å². The summed E-state index contributed by atoms with van der Waals surface area (Å²) in [6.07, 6.45) is 6.40. The van der Waals surface area contributed by atoms with Gasteiger partial charge < -0.3 is 34.4 Å². The van der Waals surface area contributed by atoms with Crippen LogP contribution in [0.25, 0.3) is 0 Å². The van der Waals surface area contributed by atoms with Gasteiger partial charge in [0.15, 0.2) is 0 Å². The van der Waals surface area contributed by atoms with Gasteiger partial charge in [-0.25, -0.2) is 0 Å². The van der Waals surface area contributed by atoms with E-state index in [0.29, 0.717) is 24.1 Å². The van der Waals surface area contributed by atoms with Crippen molar-refractivity contribution >= 4 is 29.4 Å². The van der Waals surface area contributed by atoms with Gasteiger partial charge in [-0.3, -0.25) is 19.2 Å². The number of cyclic esters (lactones) is 1. The second kappa shape index (κ2) is 14.3. The zero-order valence-electron chi connectivity index (χ0n) is 28.4. The third-order valence-electron chi connectivity index (χ3n) is 10.2. The highest BCUT2D eigenvalue weighted by atomic mass is 16.6. The number of carbonyl (C=O) groups excluding carboxylic acids is 4. The van der Waals surface area contributed by atoms with Crippen LogP contribution in [0.3, 0.4) is 0 Å². The first-order valence-corrected chi connectivity index (χ1v) is 17.0. The van der Waals surface area contributed by atoms with Gasteiger partial charge in [-0.2, -0.15) is 0 Å². The number of allylic oxidation sites excluding steroid dienone is 1. The first kappa shape index (κ1) is 34.5. The predicted molar refractivity (Wildman–Crippen MR) is 181 cm³/mol. The smallest absolute Gasteiger partial charge is 0.313 e. The molecule has 2 aromatic rings. The number of aliphatic hydroxyl groups excluding tert-OH is 1. The molecule has 4 aliphatic rings. The molecule has 4 aliphatic heterocycles. The number of aryl methyl sites for hydroxylation is 2. The van der Waals surface area contributed by atoms with Crippen LogP contribution in [0.1, 0.15) is 49.0 Å². The number of anilines is 1. The van der Waals surface area contributed by atoms with Gasteiger partial charge in [-0.15, -0.1) is 0 Å². The van der Waals surface area contributed by atoms with E-state index in [0.717, 1.165) is 11.1 Å². The fourth-order valence-electron chi connectivity index (χ4n) is 7.83. The van der Waals surface area contributed by atoms with E-state index in [4.69, 9.17) is 14.2 Å². The van der Waals surface area contributed by atoms with Gasteiger partial charge in [-0.1, -0.05) is 73.7 Å². The zero-order valence-corrected chi connectivity index (χ0v) is 28.4. The fraction of sp³-hybridized carbons (Fsp3) is 0.474. The van der Waals surface area contributed by atoms with Crippen molar-refractivity contribution in [1.82, 2.24) is 10.2 Å². The molecule has 3 amide bonds. The number of hydrogen-bond acceptors (Lipinski definition) is 8. The average molecular weight is 672 g/mol. The normalized spacial score (nSPS) is 31.4. The Labute approximate surface area is 286 Å². The fourth-order valence-corrected chi connectivity index (χ4v) is 7.83. The number of ether oxygens (including phenoxy) is 3. The lowest BCUT2D eigenvalue weighted by Crippen LogP contribution is -2.58. The summed E-state index contributed by atoms with van der Waals surface area (Å²) in [5.41, 5.74) is 1.68. The third kappa shape index (κ3) is 6.19. The van der Waals surface area contributed by atoms with E-state index in [1.165, 1.54) is 12.0 Å². The molecule has 8 atom stereocenters. The number of benzene rings is 2. The Morgan fingerprint density at radius 1 is 1.06 bits per heavy atom. The lowest BCUT2D eigenvalue weighted by atomic mass is 9.74. The van der Waals surface area contributed by atoms with Crippen LogP contribution in [0.15, 0.2) is 72.8 Å². The first-order chi connectivity index (χ1) is 23.6. The van der Waals surface area contributed by atoms with Crippen molar-refractivity contribution in [3.63, 3.8) is 0 Å². The molecule has 4 heterocycles. The van der Waals surface area contributed by atoms with Gasteiger partial charge in [0.1, 0.15) is 23.7 Å². The summed E-state index contributed by atoms with van der Waals surface area (Å²) in [5, 5.41) is 13.5. The number of aliphatic hydroxyl groups is 1. The van der Waals surface area contributed by atoms with E-state index in [1.54, 1.807) is 17.1 Å². The molecule has 11 nitrogen and oxygen atoms in total. The minimum atomic E-state index is -1.46. The number of likely N-dealkylation sites (tertiary alicyclic amines) is 1. The van der Waals surface area contributed by atoms with Crippen LogP contribution in [0.2, 0.25) is 0 Å². The molecule has 6 rings (SSSR count). The Bertz CT molecular complexity index is 1640. The number of methoxy groups -OCH3 is 1. The lowest BCUT2D eigenvalue weighted by Gasteiger charge is -2.39. The number of amides is 3. The SMILES string of the molecule is CC[C@@H](CO)N1C(=O)[C@@H]2[C@H]3C(=O)O[C@@H](c4ccccc4)[C@H](COC)NC(=O)CC/C=C\CN(c4cc(C)ccc4C)C(=O)[C@@H]1[C@]21C=C[C@H]3O1. The second-order valence-corrected chi connectivity index (χ2v) is 13.3. The van der Waals surface area contributed by atoms with Gasteiger partial charge in [0.05, 0.1) is 37.3 Å². The number of esters is 1. The number of hydrogen-bond donors (Lipinski definition) is 2. The van der Waals surface area contributed by atoms with E-state index in [1.807, 2.05) is 81.5 Å². The van der Waals surface area contributed by atoms with Crippen molar-refractivity contribution in [3.8, 4) is 0 Å². The van der Waals surface area contributed by atoms with E-state index in [9.17, 15) is 19.5 Å². The molecule has 2 fully saturated rings. The van der Waals surface area contributed by atoms with Crippen LogP contribution in [0.5, 0.6) is 0 Å². The topological polar surface area (TPSA) is 135 Å². The molecule has 11 heteroatoms. The molecule has 2 saturated heterocycles. The Morgan fingerprint density at radius 3 is 2.55 bits per heavy atom. The molecule has 2 N–H and O–H groups in total. The summed E-state index contributed by atoms with van der Waals surface area (Å²) in [6, 6.07) is 12.4. The standard InChI is InChI=1S/C38H45N3O8/c1-5-26(21-42)41-34-36(45)40(28-20-23(2)15-16-24(28)3)19-11-7-10-14-30(43)39-27(22-47-4)33(25-12-8-6-9-13-25)48-37(46)31-29-17-18-38(34,49-29)32(31)35(41)44/h6-9,11-13,15-18,20,26-27,29,31-34,42H,5,10,14,19,21-22H2,1-4H3,(H,39,43)/b11-7-/t26-,27-,29+,31-,32-,33-,34+,38-/m0/s1. The third-order valence-corrected chi connectivity index (χ3v) is 10.2. The van der Waals surface area contributed by atoms with E-state index < -0.39 is 59.6 Å². The van der Waals surface area contributed by atoms with E-state index in [2.05, 4.69) is 5.32 Å². The predicted octanol–water partition coefficient (Wildman–Crippen LogP) is 3.32. The number of nitrogens with zero attached hydrogens (tertiary/aromatic N) is 2. The van der Waals surface area contributed by atoms with Crippen LogP contribution in [0.4, 0.5) is 5.69 Å². The summed E-state index contributed by atoms with van der Waals surface area (Å²) >= 11 is 0. The largest absolute Gasteiger partial charge is 0.455 e. The Balaban J connectivity index is 1.49. The molecule has 49 heavy (non-hydrogen) atoms. The van der Waals surface area contributed by atoms with Crippen molar-refractivity contribution in [2.45, 2.75) is 76.0 Å². The highest BCUT2D eigenvalue weighted by Crippen LogP contribution is 2.56. The van der Waals surface area contributed by atoms with Crippen LogP contribution < -0.4 is 10.2 Å². The summed E-state index contributed by atoms with van der Waals surface area (Å²) in [6.45, 7) is 5.58. The average Bonchev–Trinajstić information content (AvgIpc) is 3.74. The lowest BCUT2D eigenvalue weighted by molar-refractivity contribution is -0.162. The maximum absolute atomic E-state index is 15.1. The molecular formula is C38H45N3O8. The molecule has 0 aromatic heterocycles. The molecule has 0 radical (unpaired) electrons. The van der Waals surface area contributed by atoms with Gasteiger partial charge in [0.2, 0.25) is 11.8 Å². The van der Waals surface area contributed by atoms with Gasteiger partial charge in [0.25, 0.3) is 5.91 Å². The minimum absolute atomic E-state index is 0.0645. The summed E-state index contributed by atoms with van der Waals surface area (Å²) < 4.78 is 18.3. The number of fused-ring (bicyclic) bond motifs is 2. The highest BCUT2D eigenvalue weighted by molar-refractivity contribution is 6.05. The van der Waals surface area contributed by atoms with Crippen molar-refractivity contribution in [2.75, 3.05) is 31.8 Å². The Hall–Kier alpha value is -4.32. The van der Waals surface area contributed by atoms with E-state index >= 15 is 4.79 Å². The van der Waals surface area contributed by atoms with Crippen LogP contribution >= 0.6 is 0 Å². The number of rotatable bonds is 7. The quantitative estimate of drug-likeness (QED) is 0.338. The zero-order chi connectivity index (χ0) is 34.9. The monoisotopic (exact) mass is 671 g/mol. The van der Waals surface area contributed by atoms with Crippen LogP contribution in [0, 0.1) is 25.7 Å². The van der Waals surface area contributed by atoms with Crippen molar-refractivity contribution < 1.29 is 38.5 Å². The molecule has 5 bridgehead atoms. The molecule has 0 unspecified atom stereocenters. The van der Waals surface area contributed by atoms with Crippen molar-refractivity contribution in [3.05, 3.63) is 89.5 Å². The molecular weight excluding hydrogens is 626 g/mol. The minimum Gasteiger partial charge on any atom is -0.455 e. The molecule has 1 spiro atoms. The summed E-state index contributed by atoms with van der Waals surface area (Å²) in [4.78, 5) is 60.4. The number of nitrogens with one attached hydrogen (secondary N) is 1. The first-order valence-electron chi connectivity index (χ1n) is 17.0. The molecule has 2 aromatic carbocycles. The maximum atomic E-state index is 15.1. The molecule has 0 aliphatic carbocycles. The number of carbonyl (C=O) groups is 4. The van der Waals surface area contributed by atoms with Crippen LogP contribution in [-0.2, 0) is 33.4 Å².